The van der Waals surface area contributed by atoms with Gasteiger partial charge in [-0.1, -0.05) is 18.2 Å². The van der Waals surface area contributed by atoms with Crippen LogP contribution in [0.15, 0.2) is 24.3 Å². The second kappa shape index (κ2) is 4.77. The molecule has 0 spiro atoms. The lowest BCUT2D eigenvalue weighted by Gasteiger charge is -2.28. The molecular formula is C13H18N2O3S. The number of para-hydroxylation sites is 1. The van der Waals surface area contributed by atoms with Crippen LogP contribution in [0, 0.1) is 0 Å². The highest BCUT2D eigenvalue weighted by Gasteiger charge is 2.39. The molecule has 2 atom stereocenters. The maximum Gasteiger partial charge on any atom is 0.153 e. The standard InChI is InChI=1S/C13H18N2O3S/c14-11-8-19(16,17)9-12(11)15-5-6-18-13-4-2-1-3-10(13)7-15/h1-4,11-12H,5-9,14H2. The van der Waals surface area contributed by atoms with Crippen molar-refractivity contribution in [3.63, 3.8) is 0 Å². The third kappa shape index (κ3) is 2.61. The van der Waals surface area contributed by atoms with Gasteiger partial charge in [-0.25, -0.2) is 8.42 Å². The molecule has 2 heterocycles. The Kier molecular flexibility index (Phi) is 3.24. The molecule has 0 saturated carbocycles. The fraction of sp³-hybridized carbons (Fsp3) is 0.538. The van der Waals surface area contributed by atoms with Crippen molar-refractivity contribution < 1.29 is 13.2 Å². The molecule has 1 saturated heterocycles. The van der Waals surface area contributed by atoms with Gasteiger partial charge in [0.05, 0.1) is 11.5 Å². The Labute approximate surface area is 113 Å². The molecule has 2 N–H and O–H groups in total. The predicted octanol–water partition coefficient (Wildman–Crippen LogP) is 0.00530. The van der Waals surface area contributed by atoms with Gasteiger partial charge in [0.2, 0.25) is 0 Å². The van der Waals surface area contributed by atoms with Crippen LogP contribution in [0.2, 0.25) is 0 Å². The number of sulfone groups is 1. The molecule has 0 aliphatic carbocycles. The number of rotatable bonds is 1. The number of nitrogens with two attached hydrogens (primary N) is 1. The van der Waals surface area contributed by atoms with Crippen LogP contribution in [0.4, 0.5) is 0 Å². The Bertz CT molecular complexity index is 573. The van der Waals surface area contributed by atoms with E-state index in [0.29, 0.717) is 19.7 Å². The minimum Gasteiger partial charge on any atom is -0.492 e. The number of hydrogen-bond donors (Lipinski definition) is 1. The van der Waals surface area contributed by atoms with Gasteiger partial charge in [-0.05, 0) is 6.07 Å². The van der Waals surface area contributed by atoms with Crippen LogP contribution in [0.1, 0.15) is 5.56 Å². The van der Waals surface area contributed by atoms with Gasteiger partial charge in [0.1, 0.15) is 12.4 Å². The van der Waals surface area contributed by atoms with Crippen molar-refractivity contribution >= 4 is 9.84 Å². The third-order valence-electron chi connectivity index (χ3n) is 3.82. The summed E-state index contributed by atoms with van der Waals surface area (Å²) >= 11 is 0. The van der Waals surface area contributed by atoms with Crippen LogP contribution in [0.25, 0.3) is 0 Å². The first-order valence-corrected chi connectivity index (χ1v) is 8.28. The Morgan fingerprint density at radius 1 is 1.26 bits per heavy atom. The van der Waals surface area contributed by atoms with Crippen LogP contribution in [0.3, 0.4) is 0 Å². The van der Waals surface area contributed by atoms with E-state index in [1.165, 1.54) is 0 Å². The lowest BCUT2D eigenvalue weighted by Crippen LogP contribution is -2.47. The third-order valence-corrected chi connectivity index (χ3v) is 5.56. The molecule has 104 valence electrons. The van der Waals surface area contributed by atoms with E-state index < -0.39 is 9.84 Å². The zero-order valence-corrected chi connectivity index (χ0v) is 11.5. The highest BCUT2D eigenvalue weighted by atomic mass is 32.2. The van der Waals surface area contributed by atoms with E-state index in [1.54, 1.807) is 0 Å². The quantitative estimate of drug-likeness (QED) is 0.785. The molecule has 2 aliphatic heterocycles. The molecule has 6 heteroatoms. The molecule has 2 unspecified atom stereocenters. The van der Waals surface area contributed by atoms with Crippen molar-refractivity contribution in [2.24, 2.45) is 5.73 Å². The fourth-order valence-electron chi connectivity index (χ4n) is 2.86. The molecule has 19 heavy (non-hydrogen) atoms. The van der Waals surface area contributed by atoms with Crippen molar-refractivity contribution in [3.8, 4) is 5.75 Å². The largest absolute Gasteiger partial charge is 0.492 e. The fourth-order valence-corrected chi connectivity index (χ4v) is 4.78. The lowest BCUT2D eigenvalue weighted by molar-refractivity contribution is 0.171. The van der Waals surface area contributed by atoms with Crippen LogP contribution in [0.5, 0.6) is 5.75 Å². The second-order valence-corrected chi connectivity index (χ2v) is 7.39. The molecule has 0 radical (unpaired) electrons. The van der Waals surface area contributed by atoms with Crippen LogP contribution < -0.4 is 10.5 Å². The molecule has 0 amide bonds. The number of hydrogen-bond acceptors (Lipinski definition) is 5. The molecule has 5 nitrogen and oxygen atoms in total. The summed E-state index contributed by atoms with van der Waals surface area (Å²) in [4.78, 5) is 2.14. The first kappa shape index (κ1) is 12.9. The van der Waals surface area contributed by atoms with Gasteiger partial charge >= 0.3 is 0 Å². The van der Waals surface area contributed by atoms with Crippen molar-refractivity contribution in [1.29, 1.82) is 0 Å². The highest BCUT2D eigenvalue weighted by molar-refractivity contribution is 7.91. The number of nitrogens with zero attached hydrogens (tertiary/aromatic N) is 1. The average Bonchev–Trinajstić information content (AvgIpc) is 2.54. The zero-order chi connectivity index (χ0) is 13.5. The van der Waals surface area contributed by atoms with Gasteiger partial charge in [-0.3, -0.25) is 4.90 Å². The maximum absolute atomic E-state index is 11.7. The van der Waals surface area contributed by atoms with Crippen molar-refractivity contribution in [1.82, 2.24) is 4.90 Å². The molecule has 0 aromatic heterocycles. The van der Waals surface area contributed by atoms with Gasteiger partial charge in [0.15, 0.2) is 9.84 Å². The van der Waals surface area contributed by atoms with E-state index in [1.807, 2.05) is 24.3 Å². The van der Waals surface area contributed by atoms with Crippen LogP contribution >= 0.6 is 0 Å². The Morgan fingerprint density at radius 2 is 2.05 bits per heavy atom. The van der Waals surface area contributed by atoms with E-state index in [9.17, 15) is 8.42 Å². The first-order chi connectivity index (χ1) is 9.05. The van der Waals surface area contributed by atoms with Gasteiger partial charge < -0.3 is 10.5 Å². The van der Waals surface area contributed by atoms with Gasteiger partial charge in [0, 0.05) is 30.7 Å². The summed E-state index contributed by atoms with van der Waals surface area (Å²) in [7, 11) is -2.99. The van der Waals surface area contributed by atoms with Gasteiger partial charge in [0.25, 0.3) is 0 Å². The SMILES string of the molecule is NC1CS(=O)(=O)CC1N1CCOc2ccccc2C1. The summed E-state index contributed by atoms with van der Waals surface area (Å²) in [6.07, 6.45) is 0. The summed E-state index contributed by atoms with van der Waals surface area (Å²) in [5.41, 5.74) is 7.09. The van der Waals surface area contributed by atoms with E-state index in [0.717, 1.165) is 11.3 Å². The number of fused-ring (bicyclic) bond motifs is 1. The van der Waals surface area contributed by atoms with Gasteiger partial charge in [-0.2, -0.15) is 0 Å². The topological polar surface area (TPSA) is 72.6 Å². The predicted molar refractivity (Wildman–Crippen MR) is 72.8 cm³/mol. The minimum atomic E-state index is -2.99. The van der Waals surface area contributed by atoms with Gasteiger partial charge in [-0.15, -0.1) is 0 Å². The zero-order valence-electron chi connectivity index (χ0n) is 10.7. The number of benzene rings is 1. The molecule has 1 aromatic rings. The molecule has 0 bridgehead atoms. The van der Waals surface area contributed by atoms with Crippen molar-refractivity contribution in [3.05, 3.63) is 29.8 Å². The second-order valence-electron chi connectivity index (χ2n) is 5.23. The van der Waals surface area contributed by atoms with Crippen LogP contribution in [-0.4, -0.2) is 50.1 Å². The maximum atomic E-state index is 11.7. The first-order valence-electron chi connectivity index (χ1n) is 6.46. The molecule has 2 aliphatic rings. The van der Waals surface area contributed by atoms with E-state index >= 15 is 0 Å². The Morgan fingerprint density at radius 3 is 2.79 bits per heavy atom. The number of ether oxygens (including phenoxy) is 1. The Balaban J connectivity index is 1.83. The van der Waals surface area contributed by atoms with E-state index in [4.69, 9.17) is 10.5 Å². The Hall–Kier alpha value is -1.11. The normalized spacial score (nSPS) is 30.4. The van der Waals surface area contributed by atoms with Crippen molar-refractivity contribution in [2.75, 3.05) is 24.7 Å². The average molecular weight is 282 g/mol. The minimum absolute atomic E-state index is 0.0939. The summed E-state index contributed by atoms with van der Waals surface area (Å²) < 4.78 is 29.1. The summed E-state index contributed by atoms with van der Waals surface area (Å²) in [5.74, 6) is 1.15. The highest BCUT2D eigenvalue weighted by Crippen LogP contribution is 2.26. The molecular weight excluding hydrogens is 264 g/mol. The molecule has 1 fully saturated rings. The lowest BCUT2D eigenvalue weighted by atomic mass is 10.1. The monoisotopic (exact) mass is 282 g/mol. The van der Waals surface area contributed by atoms with Crippen molar-refractivity contribution in [2.45, 2.75) is 18.6 Å². The van der Waals surface area contributed by atoms with E-state index in [2.05, 4.69) is 4.90 Å². The smallest absolute Gasteiger partial charge is 0.153 e. The summed E-state index contributed by atoms with van der Waals surface area (Å²) in [5, 5.41) is 0. The summed E-state index contributed by atoms with van der Waals surface area (Å²) in [6.45, 7) is 1.98. The molecule has 1 aromatic carbocycles. The van der Waals surface area contributed by atoms with E-state index in [-0.39, 0.29) is 23.6 Å². The molecule has 3 rings (SSSR count). The summed E-state index contributed by atoms with van der Waals surface area (Å²) in [6, 6.07) is 7.49. The van der Waals surface area contributed by atoms with Crippen LogP contribution in [-0.2, 0) is 16.4 Å².